The lowest BCUT2D eigenvalue weighted by Crippen LogP contribution is -2.58. The van der Waals surface area contributed by atoms with Gasteiger partial charge in [-0.1, -0.05) is 11.6 Å². The molecule has 3 atom stereocenters. The molecule has 4 aliphatic rings. The van der Waals surface area contributed by atoms with E-state index in [1.807, 2.05) is 13.8 Å². The van der Waals surface area contributed by atoms with E-state index in [1.165, 1.54) is 6.20 Å². The quantitative estimate of drug-likeness (QED) is 0.758. The lowest BCUT2D eigenvalue weighted by Gasteiger charge is -2.45. The molecule has 2 fully saturated rings. The van der Waals surface area contributed by atoms with Gasteiger partial charge in [-0.25, -0.2) is 14.4 Å². The fourth-order valence-corrected chi connectivity index (χ4v) is 5.53. The number of hydrogen-bond acceptors (Lipinski definition) is 7. The Morgan fingerprint density at radius 2 is 2.10 bits per heavy atom. The number of hydrogen-bond donors (Lipinski definition) is 2. The Balaban J connectivity index is 1.42. The van der Waals surface area contributed by atoms with Crippen molar-refractivity contribution in [3.63, 3.8) is 0 Å². The van der Waals surface area contributed by atoms with Gasteiger partial charge >= 0.3 is 0 Å². The summed E-state index contributed by atoms with van der Waals surface area (Å²) in [6, 6.07) is 6.21. The largest absolute Gasteiger partial charge is 0.486 e. The first-order valence-corrected chi connectivity index (χ1v) is 9.69. The van der Waals surface area contributed by atoms with Crippen LogP contribution in [0.15, 0.2) is 35.5 Å². The average molecular weight is 431 g/mol. The van der Waals surface area contributed by atoms with Crippen LogP contribution >= 0.6 is 11.6 Å². The van der Waals surface area contributed by atoms with Crippen LogP contribution in [0.5, 0.6) is 5.75 Å². The molecule has 3 spiro atoms. The molecule has 6 rings (SSSR count). The van der Waals surface area contributed by atoms with Gasteiger partial charge in [-0.05, 0) is 38.1 Å². The molecule has 3 unspecified atom stereocenters. The van der Waals surface area contributed by atoms with Crippen molar-refractivity contribution in [1.29, 1.82) is 0 Å². The van der Waals surface area contributed by atoms with Crippen molar-refractivity contribution < 1.29 is 23.4 Å². The van der Waals surface area contributed by atoms with Crippen LogP contribution in [0.3, 0.4) is 0 Å². The summed E-state index contributed by atoms with van der Waals surface area (Å²) in [5, 5.41) is 2.77. The Morgan fingerprint density at radius 3 is 2.80 bits per heavy atom. The van der Waals surface area contributed by atoms with Crippen molar-refractivity contribution in [2.24, 2.45) is 16.1 Å². The number of carbonyl (C=O) groups excluding carboxylic acids is 1. The second-order valence-corrected chi connectivity index (χ2v) is 8.77. The molecular weight excluding hydrogens is 415 g/mol. The average Bonchev–Trinajstić information content (AvgIpc) is 2.86. The van der Waals surface area contributed by atoms with E-state index in [4.69, 9.17) is 31.5 Å². The number of benzene rings is 1. The molecule has 154 valence electrons. The first-order chi connectivity index (χ1) is 14.2. The van der Waals surface area contributed by atoms with Crippen molar-refractivity contribution in [1.82, 2.24) is 4.98 Å². The van der Waals surface area contributed by atoms with E-state index in [-0.39, 0.29) is 16.7 Å². The van der Waals surface area contributed by atoms with E-state index in [1.54, 1.807) is 18.2 Å². The monoisotopic (exact) mass is 430 g/mol. The molecule has 1 aromatic carbocycles. The zero-order valence-corrected chi connectivity index (χ0v) is 16.7. The van der Waals surface area contributed by atoms with E-state index in [2.05, 4.69) is 15.3 Å². The molecule has 3 N–H and O–H groups in total. The van der Waals surface area contributed by atoms with Gasteiger partial charge in [0.1, 0.15) is 16.8 Å². The van der Waals surface area contributed by atoms with Gasteiger partial charge < -0.3 is 25.3 Å². The van der Waals surface area contributed by atoms with Crippen LogP contribution in [-0.4, -0.2) is 34.9 Å². The number of pyridine rings is 1. The van der Waals surface area contributed by atoms with Gasteiger partial charge in [-0.2, -0.15) is 0 Å². The number of halogens is 2. The fraction of sp³-hybridized carbons (Fsp3) is 0.350. The number of aromatic nitrogens is 1. The minimum Gasteiger partial charge on any atom is -0.486 e. The SMILES string of the molecule is CC1(C)Oc2ccc(NC(=O)c3ncc(Cl)cc3F)cc2C23N=C(N)OC24OCC143. The maximum absolute atomic E-state index is 14.1. The Bertz CT molecular complexity index is 1200. The maximum atomic E-state index is 14.1. The second-order valence-electron chi connectivity index (χ2n) is 8.33. The van der Waals surface area contributed by atoms with Gasteiger partial charge in [0.15, 0.2) is 17.1 Å². The number of aliphatic imine (C=N–C) groups is 1. The smallest absolute Gasteiger partial charge is 0.285 e. The van der Waals surface area contributed by atoms with E-state index >= 15 is 0 Å². The number of nitrogens with zero attached hydrogens (tertiary/aromatic N) is 2. The van der Waals surface area contributed by atoms with Gasteiger partial charge in [-0.3, -0.25) is 4.79 Å². The molecule has 3 aliphatic heterocycles. The van der Waals surface area contributed by atoms with E-state index in [0.717, 1.165) is 6.07 Å². The van der Waals surface area contributed by atoms with Crippen LogP contribution in [-0.2, 0) is 15.0 Å². The zero-order valence-electron chi connectivity index (χ0n) is 16.0. The third kappa shape index (κ3) is 1.68. The van der Waals surface area contributed by atoms with Crippen molar-refractivity contribution in [2.75, 3.05) is 11.9 Å². The number of amidine groups is 1. The molecule has 1 saturated heterocycles. The highest BCUT2D eigenvalue weighted by Crippen LogP contribution is 2.89. The molecular formula is C20H16ClFN4O4. The molecule has 2 aromatic rings. The number of nitrogens with one attached hydrogen (secondary N) is 1. The lowest BCUT2D eigenvalue weighted by atomic mass is 9.77. The fourth-order valence-electron chi connectivity index (χ4n) is 5.39. The van der Waals surface area contributed by atoms with Gasteiger partial charge in [0.2, 0.25) is 0 Å². The van der Waals surface area contributed by atoms with Gasteiger partial charge in [-0.15, -0.1) is 0 Å². The van der Waals surface area contributed by atoms with E-state index < -0.39 is 34.1 Å². The summed E-state index contributed by atoms with van der Waals surface area (Å²) < 4.78 is 32.0. The minimum absolute atomic E-state index is 0.0517. The first kappa shape index (κ1) is 17.9. The Kier molecular flexibility index (Phi) is 3.01. The number of fused-ring (bicyclic) bond motifs is 1. The highest BCUT2D eigenvalue weighted by Gasteiger charge is 3.06. The minimum atomic E-state index is -1.01. The number of carbonyl (C=O) groups is 1. The standard InChI is InChI=1S/C20H16ClFN4O4/c1-17(2)18-8-28-20(18)19(18,26-16(23)30-20)11-6-10(3-4-13(11)29-17)25-15(27)14-12(22)5-9(21)7-24-14/h3-7H,8H2,1-2H3,(H2,23,26)(H,25,27). The topological polar surface area (TPSA) is 108 Å². The van der Waals surface area contributed by atoms with E-state index in [9.17, 15) is 9.18 Å². The third-order valence-electron chi connectivity index (χ3n) is 6.65. The number of rotatable bonds is 2. The van der Waals surface area contributed by atoms with Gasteiger partial charge in [0.05, 0.1) is 11.6 Å². The second kappa shape index (κ2) is 5.04. The van der Waals surface area contributed by atoms with Crippen LogP contribution < -0.4 is 15.8 Å². The van der Waals surface area contributed by atoms with Crippen LogP contribution in [0.2, 0.25) is 5.02 Å². The number of nitrogens with two attached hydrogens (primary N) is 1. The van der Waals surface area contributed by atoms with Crippen molar-refractivity contribution >= 4 is 29.2 Å². The summed E-state index contributed by atoms with van der Waals surface area (Å²) in [5.74, 6) is -1.93. The van der Waals surface area contributed by atoms with Crippen molar-refractivity contribution in [2.45, 2.75) is 30.8 Å². The van der Waals surface area contributed by atoms with Gasteiger partial charge in [0, 0.05) is 17.4 Å². The predicted octanol–water partition coefficient (Wildman–Crippen LogP) is 2.56. The highest BCUT2D eigenvalue weighted by molar-refractivity contribution is 6.30. The molecule has 1 saturated carbocycles. The Labute approximate surface area is 175 Å². The van der Waals surface area contributed by atoms with Gasteiger partial charge in [0.25, 0.3) is 17.7 Å². The Hall–Kier alpha value is -2.91. The molecule has 0 radical (unpaired) electrons. The predicted molar refractivity (Wildman–Crippen MR) is 104 cm³/mol. The molecule has 30 heavy (non-hydrogen) atoms. The summed E-state index contributed by atoms with van der Waals surface area (Å²) in [5.41, 5.74) is 4.66. The normalized spacial score (nSPS) is 33.4. The summed E-state index contributed by atoms with van der Waals surface area (Å²) in [6.07, 6.45) is 1.21. The van der Waals surface area contributed by atoms with Crippen molar-refractivity contribution in [3.05, 3.63) is 52.6 Å². The summed E-state index contributed by atoms with van der Waals surface area (Å²) >= 11 is 5.71. The Morgan fingerprint density at radius 1 is 1.30 bits per heavy atom. The third-order valence-corrected chi connectivity index (χ3v) is 6.86. The summed E-state index contributed by atoms with van der Waals surface area (Å²) in [7, 11) is 0. The molecule has 1 amide bonds. The maximum Gasteiger partial charge on any atom is 0.285 e. The van der Waals surface area contributed by atoms with Crippen molar-refractivity contribution in [3.8, 4) is 5.75 Å². The summed E-state index contributed by atoms with van der Waals surface area (Å²) in [6.45, 7) is 4.35. The molecule has 4 heterocycles. The van der Waals surface area contributed by atoms with E-state index in [0.29, 0.717) is 23.6 Å². The van der Waals surface area contributed by atoms with Crippen LogP contribution in [0, 0.1) is 11.2 Å². The van der Waals surface area contributed by atoms with Crippen LogP contribution in [0.1, 0.15) is 29.9 Å². The molecule has 1 aromatic heterocycles. The highest BCUT2D eigenvalue weighted by atomic mass is 35.5. The number of ether oxygens (including phenoxy) is 3. The van der Waals surface area contributed by atoms with Crippen LogP contribution in [0.25, 0.3) is 0 Å². The number of amides is 1. The zero-order chi connectivity index (χ0) is 21.1. The molecule has 10 heteroatoms. The molecule has 1 aliphatic carbocycles. The molecule has 0 bridgehead atoms. The van der Waals surface area contributed by atoms with Crippen LogP contribution in [0.4, 0.5) is 10.1 Å². The number of anilines is 1. The molecule has 8 nitrogen and oxygen atoms in total. The lowest BCUT2D eigenvalue weighted by molar-refractivity contribution is -0.263. The first-order valence-electron chi connectivity index (χ1n) is 9.32. The summed E-state index contributed by atoms with van der Waals surface area (Å²) in [4.78, 5) is 20.9.